The molecule has 1 aliphatic rings. The van der Waals surface area contributed by atoms with Crippen LogP contribution in [0.4, 0.5) is 0 Å². The Hall–Kier alpha value is -0.120. The Morgan fingerprint density at radius 3 is 2.62 bits per heavy atom. The van der Waals surface area contributed by atoms with Gasteiger partial charge in [0, 0.05) is 12.6 Å². The molecule has 96 valence electrons. The molecule has 0 aromatic rings. The first-order chi connectivity index (χ1) is 7.47. The number of nitrogens with one attached hydrogen (secondary N) is 1. The van der Waals surface area contributed by atoms with Crippen LogP contribution in [-0.4, -0.2) is 30.6 Å². The Labute approximate surface area is 99.9 Å². The van der Waals surface area contributed by atoms with E-state index in [2.05, 4.69) is 39.9 Å². The Morgan fingerprint density at radius 1 is 1.38 bits per heavy atom. The Balaban J connectivity index is 2.67. The third-order valence-corrected chi connectivity index (χ3v) is 3.74. The lowest BCUT2D eigenvalue weighted by molar-refractivity contribution is -0.228. The van der Waals surface area contributed by atoms with Gasteiger partial charge in [-0.05, 0) is 40.0 Å². The van der Waals surface area contributed by atoms with Gasteiger partial charge in [-0.2, -0.15) is 0 Å². The molecule has 1 aliphatic heterocycles. The summed E-state index contributed by atoms with van der Waals surface area (Å²) in [6.45, 7) is 12.3. The number of ether oxygens (including phenoxy) is 2. The van der Waals surface area contributed by atoms with E-state index in [9.17, 15) is 0 Å². The van der Waals surface area contributed by atoms with Crippen LogP contribution < -0.4 is 5.32 Å². The number of hydrogen-bond donors (Lipinski definition) is 1. The van der Waals surface area contributed by atoms with Crippen molar-refractivity contribution in [3.05, 3.63) is 0 Å². The van der Waals surface area contributed by atoms with E-state index >= 15 is 0 Å². The molecule has 3 nitrogen and oxygen atoms in total. The molecule has 0 spiro atoms. The fourth-order valence-electron chi connectivity index (χ4n) is 2.18. The molecule has 0 saturated carbocycles. The van der Waals surface area contributed by atoms with E-state index in [0.29, 0.717) is 6.04 Å². The largest absolute Gasteiger partial charge is 0.348 e. The van der Waals surface area contributed by atoms with Crippen LogP contribution in [0.3, 0.4) is 0 Å². The highest BCUT2D eigenvalue weighted by Crippen LogP contribution is 2.37. The van der Waals surface area contributed by atoms with Crippen LogP contribution in [0.1, 0.15) is 53.9 Å². The maximum absolute atomic E-state index is 5.92. The van der Waals surface area contributed by atoms with Crippen LogP contribution >= 0.6 is 0 Å². The highest BCUT2D eigenvalue weighted by atomic mass is 16.7. The van der Waals surface area contributed by atoms with Crippen LogP contribution in [0.2, 0.25) is 0 Å². The first-order valence-electron chi connectivity index (χ1n) is 6.53. The van der Waals surface area contributed by atoms with Crippen molar-refractivity contribution in [2.75, 3.05) is 13.2 Å². The molecule has 1 N–H and O–H groups in total. The third kappa shape index (κ3) is 2.76. The zero-order valence-corrected chi connectivity index (χ0v) is 11.4. The summed E-state index contributed by atoms with van der Waals surface area (Å²) in [4.78, 5) is 0. The maximum atomic E-state index is 5.92. The summed E-state index contributed by atoms with van der Waals surface area (Å²) >= 11 is 0. The highest BCUT2D eigenvalue weighted by Gasteiger charge is 2.51. The van der Waals surface area contributed by atoms with Crippen LogP contribution in [0.15, 0.2) is 0 Å². The SMILES string of the molecule is CCCO[C@]1(C)OCC[C@]1(C)NC(C)CC. The topological polar surface area (TPSA) is 30.5 Å². The normalized spacial score (nSPS) is 36.6. The molecule has 3 heteroatoms. The zero-order valence-electron chi connectivity index (χ0n) is 11.4. The van der Waals surface area contributed by atoms with E-state index < -0.39 is 5.79 Å². The second-order valence-corrected chi connectivity index (χ2v) is 5.18. The van der Waals surface area contributed by atoms with Crippen LogP contribution in [0.25, 0.3) is 0 Å². The monoisotopic (exact) mass is 229 g/mol. The predicted octanol–water partition coefficient (Wildman–Crippen LogP) is 2.70. The smallest absolute Gasteiger partial charge is 0.183 e. The Kier molecular flexibility index (Phi) is 4.77. The molecule has 1 rings (SSSR count). The van der Waals surface area contributed by atoms with Gasteiger partial charge < -0.3 is 14.8 Å². The second kappa shape index (κ2) is 5.48. The van der Waals surface area contributed by atoms with Crippen LogP contribution in [-0.2, 0) is 9.47 Å². The second-order valence-electron chi connectivity index (χ2n) is 5.18. The Morgan fingerprint density at radius 2 is 2.06 bits per heavy atom. The average Bonchev–Trinajstić information content (AvgIpc) is 2.52. The van der Waals surface area contributed by atoms with Gasteiger partial charge in [0.1, 0.15) is 0 Å². The molecule has 0 amide bonds. The van der Waals surface area contributed by atoms with E-state index in [-0.39, 0.29) is 5.54 Å². The molecule has 0 aliphatic carbocycles. The molecule has 3 atom stereocenters. The summed E-state index contributed by atoms with van der Waals surface area (Å²) in [6.07, 6.45) is 3.16. The minimum Gasteiger partial charge on any atom is -0.348 e. The lowest BCUT2D eigenvalue weighted by Gasteiger charge is -2.41. The van der Waals surface area contributed by atoms with E-state index in [1.165, 1.54) is 0 Å². The molecular formula is C13H27NO2. The molecule has 0 radical (unpaired) electrons. The Bertz CT molecular complexity index is 222. The summed E-state index contributed by atoms with van der Waals surface area (Å²) in [5.74, 6) is -0.480. The van der Waals surface area contributed by atoms with Crippen molar-refractivity contribution < 1.29 is 9.47 Å². The van der Waals surface area contributed by atoms with Crippen molar-refractivity contribution in [1.29, 1.82) is 0 Å². The lowest BCUT2D eigenvalue weighted by Crippen LogP contribution is -2.60. The van der Waals surface area contributed by atoms with Crippen molar-refractivity contribution >= 4 is 0 Å². The minimum atomic E-state index is -0.480. The van der Waals surface area contributed by atoms with Gasteiger partial charge in [0.2, 0.25) is 0 Å². The highest BCUT2D eigenvalue weighted by molar-refractivity contribution is 5.01. The summed E-state index contributed by atoms with van der Waals surface area (Å²) in [6, 6.07) is 0.497. The van der Waals surface area contributed by atoms with Crippen molar-refractivity contribution in [3.8, 4) is 0 Å². The molecule has 0 aromatic carbocycles. The van der Waals surface area contributed by atoms with Gasteiger partial charge in [0.15, 0.2) is 5.79 Å². The fraction of sp³-hybridized carbons (Fsp3) is 1.00. The lowest BCUT2D eigenvalue weighted by atomic mass is 9.90. The summed E-state index contributed by atoms with van der Waals surface area (Å²) in [7, 11) is 0. The van der Waals surface area contributed by atoms with Gasteiger partial charge in [-0.25, -0.2) is 0 Å². The van der Waals surface area contributed by atoms with Gasteiger partial charge in [-0.15, -0.1) is 0 Å². The van der Waals surface area contributed by atoms with Crippen LogP contribution in [0.5, 0.6) is 0 Å². The molecule has 1 saturated heterocycles. The third-order valence-electron chi connectivity index (χ3n) is 3.74. The van der Waals surface area contributed by atoms with Crippen molar-refractivity contribution in [3.63, 3.8) is 0 Å². The summed E-state index contributed by atoms with van der Waals surface area (Å²) in [5, 5.41) is 3.65. The minimum absolute atomic E-state index is 0.0718. The number of rotatable bonds is 6. The number of hydrogen-bond acceptors (Lipinski definition) is 3. The summed E-state index contributed by atoms with van der Waals surface area (Å²) in [5.41, 5.74) is -0.0718. The molecular weight excluding hydrogens is 202 g/mol. The van der Waals surface area contributed by atoms with Gasteiger partial charge >= 0.3 is 0 Å². The van der Waals surface area contributed by atoms with Crippen molar-refractivity contribution in [2.24, 2.45) is 0 Å². The fourth-order valence-corrected chi connectivity index (χ4v) is 2.18. The quantitative estimate of drug-likeness (QED) is 0.759. The molecule has 0 aromatic heterocycles. The zero-order chi connectivity index (χ0) is 12.2. The van der Waals surface area contributed by atoms with E-state index in [1.807, 2.05) is 0 Å². The molecule has 1 fully saturated rings. The summed E-state index contributed by atoms with van der Waals surface area (Å²) < 4.78 is 11.7. The van der Waals surface area contributed by atoms with E-state index in [1.54, 1.807) is 0 Å². The standard InChI is InChI=1S/C13H27NO2/c1-6-9-15-13(5)12(4,8-10-16-13)14-11(3)7-2/h11,14H,6-10H2,1-5H3/t11?,12-,13+/m0/s1. The van der Waals surface area contributed by atoms with Crippen LogP contribution in [0, 0.1) is 0 Å². The molecule has 16 heavy (non-hydrogen) atoms. The molecule has 1 unspecified atom stereocenters. The van der Waals surface area contributed by atoms with E-state index in [4.69, 9.17) is 9.47 Å². The van der Waals surface area contributed by atoms with Gasteiger partial charge in [0.05, 0.1) is 12.1 Å². The molecule has 0 bridgehead atoms. The van der Waals surface area contributed by atoms with Crippen molar-refractivity contribution in [1.82, 2.24) is 5.32 Å². The van der Waals surface area contributed by atoms with Gasteiger partial charge in [-0.3, -0.25) is 0 Å². The first kappa shape index (κ1) is 13.9. The molecule has 1 heterocycles. The average molecular weight is 229 g/mol. The maximum Gasteiger partial charge on any atom is 0.183 e. The van der Waals surface area contributed by atoms with Gasteiger partial charge in [0.25, 0.3) is 0 Å². The van der Waals surface area contributed by atoms with Crippen molar-refractivity contribution in [2.45, 2.75) is 71.2 Å². The van der Waals surface area contributed by atoms with Gasteiger partial charge in [-0.1, -0.05) is 13.8 Å². The first-order valence-corrected chi connectivity index (χ1v) is 6.53. The predicted molar refractivity (Wildman–Crippen MR) is 66.5 cm³/mol. The van der Waals surface area contributed by atoms with E-state index in [0.717, 1.165) is 32.5 Å².